The second kappa shape index (κ2) is 5.77. The number of halogens is 1. The van der Waals surface area contributed by atoms with E-state index in [1.807, 2.05) is 25.1 Å². The molecule has 1 nitrogen and oxygen atoms in total. The molecule has 0 saturated carbocycles. The van der Waals surface area contributed by atoms with Crippen molar-refractivity contribution in [3.05, 3.63) is 69.2 Å². The smallest absolute Gasteiger partial charge is 0.0844 e. The summed E-state index contributed by atoms with van der Waals surface area (Å²) >= 11 is 6.26. The summed E-state index contributed by atoms with van der Waals surface area (Å²) in [4.78, 5) is 0. The van der Waals surface area contributed by atoms with E-state index in [1.165, 1.54) is 11.1 Å². The van der Waals surface area contributed by atoms with Gasteiger partial charge in [0, 0.05) is 11.4 Å². The van der Waals surface area contributed by atoms with Crippen LogP contribution in [0.5, 0.6) is 0 Å². The molecule has 0 aliphatic rings. The van der Waals surface area contributed by atoms with Gasteiger partial charge in [-0.25, -0.2) is 0 Å². The molecule has 0 aliphatic carbocycles. The fourth-order valence-electron chi connectivity index (χ4n) is 2.45. The molecule has 1 unspecified atom stereocenters. The minimum absolute atomic E-state index is 0.561. The monoisotopic (exact) mass is 274 g/mol. The van der Waals surface area contributed by atoms with Crippen LogP contribution in [0.4, 0.5) is 0 Å². The van der Waals surface area contributed by atoms with Gasteiger partial charge in [0.05, 0.1) is 6.10 Å². The molecule has 0 fully saturated rings. The lowest BCUT2D eigenvalue weighted by Gasteiger charge is -2.15. The van der Waals surface area contributed by atoms with Gasteiger partial charge in [0.2, 0.25) is 0 Å². The number of hydrogen-bond donors (Lipinski definition) is 1. The van der Waals surface area contributed by atoms with Crippen LogP contribution in [0.2, 0.25) is 5.02 Å². The van der Waals surface area contributed by atoms with Gasteiger partial charge >= 0.3 is 0 Å². The third-order valence-electron chi connectivity index (χ3n) is 3.29. The van der Waals surface area contributed by atoms with E-state index in [9.17, 15) is 5.11 Å². The van der Waals surface area contributed by atoms with Gasteiger partial charge in [0.1, 0.15) is 0 Å². The van der Waals surface area contributed by atoms with Crippen molar-refractivity contribution in [3.63, 3.8) is 0 Å². The molecule has 0 bridgehead atoms. The van der Waals surface area contributed by atoms with Crippen LogP contribution >= 0.6 is 11.6 Å². The van der Waals surface area contributed by atoms with E-state index in [4.69, 9.17) is 11.6 Å². The van der Waals surface area contributed by atoms with Crippen LogP contribution in [0.15, 0.2) is 36.4 Å². The quantitative estimate of drug-likeness (QED) is 0.871. The number of aryl methyl sites for hydroxylation is 3. The van der Waals surface area contributed by atoms with Gasteiger partial charge in [0.15, 0.2) is 0 Å². The molecule has 2 heteroatoms. The second-order valence-electron chi connectivity index (χ2n) is 5.19. The van der Waals surface area contributed by atoms with Crippen molar-refractivity contribution in [3.8, 4) is 0 Å². The molecular weight excluding hydrogens is 256 g/mol. The molecule has 1 N–H and O–H groups in total. The summed E-state index contributed by atoms with van der Waals surface area (Å²) in [6.07, 6.45) is 0.0275. The molecule has 100 valence electrons. The van der Waals surface area contributed by atoms with Crippen LogP contribution in [-0.4, -0.2) is 5.11 Å². The molecule has 2 aromatic carbocycles. The summed E-state index contributed by atoms with van der Waals surface area (Å²) in [7, 11) is 0. The topological polar surface area (TPSA) is 20.2 Å². The molecule has 0 heterocycles. The van der Waals surface area contributed by atoms with E-state index in [1.54, 1.807) is 0 Å². The Morgan fingerprint density at radius 1 is 1.05 bits per heavy atom. The molecule has 0 spiro atoms. The van der Waals surface area contributed by atoms with Crippen molar-refractivity contribution in [2.75, 3.05) is 0 Å². The molecule has 2 aromatic rings. The number of hydrogen-bond acceptors (Lipinski definition) is 1. The van der Waals surface area contributed by atoms with E-state index in [0.29, 0.717) is 11.4 Å². The Labute approximate surface area is 119 Å². The zero-order valence-electron chi connectivity index (χ0n) is 11.6. The van der Waals surface area contributed by atoms with Crippen LogP contribution in [-0.2, 0) is 6.42 Å². The summed E-state index contributed by atoms with van der Waals surface area (Å²) in [5.41, 5.74) is 5.39. The third-order valence-corrected chi connectivity index (χ3v) is 3.81. The predicted molar refractivity (Wildman–Crippen MR) is 80.8 cm³/mol. The van der Waals surface area contributed by atoms with E-state index in [2.05, 4.69) is 32.0 Å². The molecule has 1 atom stereocenters. The van der Waals surface area contributed by atoms with E-state index >= 15 is 0 Å². The van der Waals surface area contributed by atoms with Gasteiger partial charge in [-0.3, -0.25) is 0 Å². The summed E-state index contributed by atoms with van der Waals surface area (Å²) in [5.74, 6) is 0. The van der Waals surface area contributed by atoms with Crippen molar-refractivity contribution in [1.29, 1.82) is 0 Å². The normalized spacial score (nSPS) is 12.5. The number of aliphatic hydroxyl groups excluding tert-OH is 1. The highest BCUT2D eigenvalue weighted by molar-refractivity contribution is 6.32. The van der Waals surface area contributed by atoms with Crippen molar-refractivity contribution < 1.29 is 5.11 Å². The first-order valence-electron chi connectivity index (χ1n) is 6.47. The lowest BCUT2D eigenvalue weighted by Crippen LogP contribution is -2.03. The minimum atomic E-state index is -0.561. The molecule has 0 radical (unpaired) electrons. The lowest BCUT2D eigenvalue weighted by molar-refractivity contribution is 0.178. The molecule has 0 aromatic heterocycles. The fraction of sp³-hybridized carbons (Fsp3) is 0.294. The van der Waals surface area contributed by atoms with Gasteiger partial charge < -0.3 is 5.11 Å². The van der Waals surface area contributed by atoms with Crippen LogP contribution in [0.25, 0.3) is 0 Å². The molecule has 0 amide bonds. The first-order chi connectivity index (χ1) is 8.97. The Morgan fingerprint density at radius 2 is 1.68 bits per heavy atom. The van der Waals surface area contributed by atoms with Gasteiger partial charge in [-0.1, -0.05) is 59.1 Å². The van der Waals surface area contributed by atoms with Crippen LogP contribution in [0.1, 0.15) is 33.9 Å². The zero-order chi connectivity index (χ0) is 14.0. The fourth-order valence-corrected chi connectivity index (χ4v) is 2.70. The van der Waals surface area contributed by atoms with Crippen molar-refractivity contribution in [1.82, 2.24) is 0 Å². The molecule has 19 heavy (non-hydrogen) atoms. The maximum atomic E-state index is 10.4. The first kappa shape index (κ1) is 14.1. The standard InChI is InChI=1S/C17H19ClO/c1-11-7-12(2)9-14(8-11)10-16(19)15-6-4-5-13(3)17(15)18/h4-9,16,19H,10H2,1-3H3. The average molecular weight is 275 g/mol. The zero-order valence-corrected chi connectivity index (χ0v) is 12.3. The maximum Gasteiger partial charge on any atom is 0.0844 e. The lowest BCUT2D eigenvalue weighted by atomic mass is 9.97. The predicted octanol–water partition coefficient (Wildman–Crippen LogP) is 4.54. The Balaban J connectivity index is 2.25. The third kappa shape index (κ3) is 3.37. The first-order valence-corrected chi connectivity index (χ1v) is 6.85. The van der Waals surface area contributed by atoms with Gasteiger partial charge in [-0.15, -0.1) is 0 Å². The Hall–Kier alpha value is -1.31. The van der Waals surface area contributed by atoms with E-state index < -0.39 is 6.10 Å². The molecule has 0 saturated heterocycles. The summed E-state index contributed by atoms with van der Waals surface area (Å²) < 4.78 is 0. The largest absolute Gasteiger partial charge is 0.388 e. The highest BCUT2D eigenvalue weighted by Gasteiger charge is 2.13. The molecular formula is C17H19ClO. The minimum Gasteiger partial charge on any atom is -0.388 e. The highest BCUT2D eigenvalue weighted by atomic mass is 35.5. The molecule has 2 rings (SSSR count). The van der Waals surface area contributed by atoms with Crippen LogP contribution < -0.4 is 0 Å². The Bertz CT molecular complexity index is 570. The SMILES string of the molecule is Cc1cc(C)cc(CC(O)c2cccc(C)c2Cl)c1. The number of aliphatic hydroxyl groups is 1. The number of rotatable bonds is 3. The Morgan fingerprint density at radius 3 is 2.32 bits per heavy atom. The second-order valence-corrected chi connectivity index (χ2v) is 5.57. The molecule has 0 aliphatic heterocycles. The van der Waals surface area contributed by atoms with Gasteiger partial charge in [0.25, 0.3) is 0 Å². The van der Waals surface area contributed by atoms with Crippen LogP contribution in [0, 0.1) is 20.8 Å². The highest BCUT2D eigenvalue weighted by Crippen LogP contribution is 2.28. The van der Waals surface area contributed by atoms with E-state index in [0.717, 1.165) is 16.7 Å². The van der Waals surface area contributed by atoms with Crippen molar-refractivity contribution in [2.45, 2.75) is 33.3 Å². The maximum absolute atomic E-state index is 10.4. The Kier molecular flexibility index (Phi) is 4.28. The summed E-state index contributed by atoms with van der Waals surface area (Å²) in [5, 5.41) is 11.0. The van der Waals surface area contributed by atoms with Crippen LogP contribution in [0.3, 0.4) is 0 Å². The van der Waals surface area contributed by atoms with Gasteiger partial charge in [-0.2, -0.15) is 0 Å². The van der Waals surface area contributed by atoms with Crippen molar-refractivity contribution >= 4 is 11.6 Å². The summed E-state index contributed by atoms with van der Waals surface area (Å²) in [6, 6.07) is 12.1. The number of benzene rings is 2. The van der Waals surface area contributed by atoms with E-state index in [-0.39, 0.29) is 0 Å². The van der Waals surface area contributed by atoms with Gasteiger partial charge in [-0.05, 0) is 37.5 Å². The van der Waals surface area contributed by atoms with Crippen molar-refractivity contribution in [2.24, 2.45) is 0 Å². The summed E-state index contributed by atoms with van der Waals surface area (Å²) in [6.45, 7) is 6.10. The average Bonchev–Trinajstić information content (AvgIpc) is 2.31.